The van der Waals surface area contributed by atoms with Crippen LogP contribution in [0.4, 0.5) is 11.4 Å². The first-order valence-electron chi connectivity index (χ1n) is 6.57. The summed E-state index contributed by atoms with van der Waals surface area (Å²) in [6.45, 7) is 1.95. The van der Waals surface area contributed by atoms with Crippen LogP contribution in [0.2, 0.25) is 5.02 Å². The lowest BCUT2D eigenvalue weighted by molar-refractivity contribution is -0.115. The highest BCUT2D eigenvalue weighted by molar-refractivity contribution is 8.01. The van der Waals surface area contributed by atoms with Gasteiger partial charge in [0.05, 0.1) is 16.6 Å². The number of nitrogens with two attached hydrogens (primary N) is 1. The second-order valence-corrected chi connectivity index (χ2v) is 6.99. The molecular weight excluding hydrogens is 280 g/mol. The fourth-order valence-corrected chi connectivity index (χ4v) is 3.80. The highest BCUT2D eigenvalue weighted by Gasteiger charge is 2.22. The normalized spacial score (nSPS) is 17.4. The highest BCUT2D eigenvalue weighted by Crippen LogP contribution is 2.33. The summed E-state index contributed by atoms with van der Waals surface area (Å²) in [7, 11) is 0. The number of halogens is 1. The molecule has 2 rings (SSSR count). The molecular formula is C14H19ClN2OS. The van der Waals surface area contributed by atoms with Gasteiger partial charge in [0.15, 0.2) is 0 Å². The van der Waals surface area contributed by atoms with E-state index < -0.39 is 0 Å². The van der Waals surface area contributed by atoms with Crippen molar-refractivity contribution >= 4 is 40.6 Å². The van der Waals surface area contributed by atoms with Gasteiger partial charge in [0.25, 0.3) is 0 Å². The number of hydrogen-bond acceptors (Lipinski definition) is 3. The quantitative estimate of drug-likeness (QED) is 0.828. The molecule has 1 aromatic carbocycles. The Morgan fingerprint density at radius 1 is 1.47 bits per heavy atom. The Morgan fingerprint density at radius 3 is 2.79 bits per heavy atom. The van der Waals surface area contributed by atoms with E-state index in [1.807, 2.05) is 6.92 Å². The first kappa shape index (κ1) is 14.5. The second kappa shape index (κ2) is 6.53. The summed E-state index contributed by atoms with van der Waals surface area (Å²) >= 11 is 7.60. The monoisotopic (exact) mass is 298 g/mol. The van der Waals surface area contributed by atoms with E-state index in [-0.39, 0.29) is 11.2 Å². The summed E-state index contributed by atoms with van der Waals surface area (Å²) in [4.78, 5) is 12.1. The molecule has 0 aliphatic heterocycles. The number of carbonyl (C=O) groups is 1. The van der Waals surface area contributed by atoms with Gasteiger partial charge in [-0.1, -0.05) is 24.4 Å². The molecule has 0 heterocycles. The van der Waals surface area contributed by atoms with E-state index in [1.54, 1.807) is 30.0 Å². The van der Waals surface area contributed by atoms with E-state index in [4.69, 9.17) is 17.3 Å². The van der Waals surface area contributed by atoms with Crippen molar-refractivity contribution in [3.63, 3.8) is 0 Å². The molecule has 5 heteroatoms. The summed E-state index contributed by atoms with van der Waals surface area (Å²) in [5.74, 6) is 0.00548. The average molecular weight is 299 g/mol. The summed E-state index contributed by atoms with van der Waals surface area (Å²) in [5.41, 5.74) is 6.96. The van der Waals surface area contributed by atoms with E-state index in [1.165, 1.54) is 25.7 Å². The van der Waals surface area contributed by atoms with Gasteiger partial charge in [0, 0.05) is 10.3 Å². The maximum absolute atomic E-state index is 12.1. The Hall–Kier alpha value is -0.870. The van der Waals surface area contributed by atoms with Crippen molar-refractivity contribution in [3.05, 3.63) is 23.2 Å². The number of hydrogen-bond donors (Lipinski definition) is 2. The zero-order chi connectivity index (χ0) is 13.8. The van der Waals surface area contributed by atoms with Gasteiger partial charge in [0.1, 0.15) is 0 Å². The van der Waals surface area contributed by atoms with Crippen LogP contribution in [0.5, 0.6) is 0 Å². The zero-order valence-corrected chi connectivity index (χ0v) is 12.6. The second-order valence-electron chi connectivity index (χ2n) is 4.91. The molecule has 1 aromatic rings. The van der Waals surface area contributed by atoms with E-state index in [0.29, 0.717) is 21.6 Å². The smallest absolute Gasteiger partial charge is 0.237 e. The van der Waals surface area contributed by atoms with Gasteiger partial charge in [-0.3, -0.25) is 4.79 Å². The molecule has 104 valence electrons. The van der Waals surface area contributed by atoms with Gasteiger partial charge >= 0.3 is 0 Å². The zero-order valence-electron chi connectivity index (χ0n) is 11.0. The Balaban J connectivity index is 1.92. The van der Waals surface area contributed by atoms with E-state index in [2.05, 4.69) is 5.32 Å². The number of nitrogen functional groups attached to an aromatic ring is 1. The number of rotatable bonds is 4. The Morgan fingerprint density at radius 2 is 2.16 bits per heavy atom. The molecule has 0 bridgehead atoms. The average Bonchev–Trinajstić information content (AvgIpc) is 2.85. The molecule has 0 saturated heterocycles. The first-order valence-corrected chi connectivity index (χ1v) is 7.89. The van der Waals surface area contributed by atoms with Gasteiger partial charge in [-0.15, -0.1) is 11.8 Å². The summed E-state index contributed by atoms with van der Waals surface area (Å²) < 4.78 is 0. The number of benzene rings is 1. The lowest BCUT2D eigenvalue weighted by atomic mass is 10.2. The van der Waals surface area contributed by atoms with Crippen LogP contribution in [0.25, 0.3) is 0 Å². The lowest BCUT2D eigenvalue weighted by Gasteiger charge is -2.16. The van der Waals surface area contributed by atoms with Crippen LogP contribution in [0.3, 0.4) is 0 Å². The molecule has 0 spiro atoms. The number of carbonyl (C=O) groups excluding carboxylic acids is 1. The molecule has 1 aliphatic carbocycles. The highest BCUT2D eigenvalue weighted by atomic mass is 35.5. The Bertz CT molecular complexity index is 461. The minimum Gasteiger partial charge on any atom is -0.397 e. The predicted octanol–water partition coefficient (Wildman–Crippen LogP) is 3.93. The Kier molecular flexibility index (Phi) is 4.99. The third kappa shape index (κ3) is 4.05. The van der Waals surface area contributed by atoms with Gasteiger partial charge in [-0.05, 0) is 38.0 Å². The number of amides is 1. The van der Waals surface area contributed by atoms with Gasteiger partial charge in [-0.2, -0.15) is 0 Å². The standard InChI is InChI=1S/C14H19ClN2OS/c1-9(19-11-4-2-3-5-11)14(18)17-13-7-6-10(15)8-12(13)16/h6-9,11H,2-5,16H2,1H3,(H,17,18). The third-order valence-electron chi connectivity index (χ3n) is 3.34. The van der Waals surface area contributed by atoms with E-state index in [9.17, 15) is 4.79 Å². The number of nitrogens with one attached hydrogen (secondary N) is 1. The largest absolute Gasteiger partial charge is 0.397 e. The van der Waals surface area contributed by atoms with Crippen molar-refractivity contribution in [1.82, 2.24) is 0 Å². The minimum atomic E-state index is -0.0572. The van der Waals surface area contributed by atoms with Gasteiger partial charge in [0.2, 0.25) is 5.91 Å². The van der Waals surface area contributed by atoms with Crippen molar-refractivity contribution in [2.24, 2.45) is 0 Å². The van der Waals surface area contributed by atoms with Crippen LogP contribution < -0.4 is 11.1 Å². The number of anilines is 2. The molecule has 0 aromatic heterocycles. The first-order chi connectivity index (χ1) is 9.06. The van der Waals surface area contributed by atoms with E-state index in [0.717, 1.165) is 0 Å². The fourth-order valence-electron chi connectivity index (χ4n) is 2.26. The lowest BCUT2D eigenvalue weighted by Crippen LogP contribution is -2.24. The summed E-state index contributed by atoms with van der Waals surface area (Å²) in [6, 6.07) is 5.11. The van der Waals surface area contributed by atoms with Crippen LogP contribution in [-0.4, -0.2) is 16.4 Å². The van der Waals surface area contributed by atoms with Crippen LogP contribution in [0.15, 0.2) is 18.2 Å². The Labute approximate surface area is 123 Å². The van der Waals surface area contributed by atoms with Crippen LogP contribution >= 0.6 is 23.4 Å². The van der Waals surface area contributed by atoms with Crippen molar-refractivity contribution in [2.75, 3.05) is 11.1 Å². The van der Waals surface area contributed by atoms with E-state index >= 15 is 0 Å². The molecule has 1 atom stereocenters. The molecule has 19 heavy (non-hydrogen) atoms. The van der Waals surface area contributed by atoms with Gasteiger partial charge < -0.3 is 11.1 Å². The molecule has 1 amide bonds. The van der Waals surface area contributed by atoms with Gasteiger partial charge in [-0.25, -0.2) is 0 Å². The molecule has 1 unspecified atom stereocenters. The maximum Gasteiger partial charge on any atom is 0.237 e. The molecule has 0 radical (unpaired) electrons. The maximum atomic E-state index is 12.1. The van der Waals surface area contributed by atoms with Crippen LogP contribution in [0.1, 0.15) is 32.6 Å². The molecule has 1 fully saturated rings. The third-order valence-corrected chi connectivity index (χ3v) is 5.05. The fraction of sp³-hybridized carbons (Fsp3) is 0.500. The van der Waals surface area contributed by atoms with Crippen molar-refractivity contribution < 1.29 is 4.79 Å². The molecule has 3 nitrogen and oxygen atoms in total. The van der Waals surface area contributed by atoms with Crippen molar-refractivity contribution in [3.8, 4) is 0 Å². The van der Waals surface area contributed by atoms with Crippen LogP contribution in [-0.2, 0) is 4.79 Å². The molecule has 1 aliphatic rings. The van der Waals surface area contributed by atoms with Crippen molar-refractivity contribution in [2.45, 2.75) is 43.1 Å². The molecule has 1 saturated carbocycles. The minimum absolute atomic E-state index is 0.00548. The van der Waals surface area contributed by atoms with Crippen LogP contribution in [0, 0.1) is 0 Å². The van der Waals surface area contributed by atoms with Crippen molar-refractivity contribution in [1.29, 1.82) is 0 Å². The SMILES string of the molecule is CC(SC1CCCC1)C(=O)Nc1ccc(Cl)cc1N. The topological polar surface area (TPSA) is 55.1 Å². The summed E-state index contributed by atoms with van der Waals surface area (Å²) in [6.07, 6.45) is 5.03. The summed E-state index contributed by atoms with van der Waals surface area (Å²) in [5, 5.41) is 4.01. The molecule has 3 N–H and O–H groups in total. The number of thioether (sulfide) groups is 1. The predicted molar refractivity (Wildman–Crippen MR) is 83.8 cm³/mol.